The second-order valence-corrected chi connectivity index (χ2v) is 7.06. The Kier molecular flexibility index (Phi) is 3.71. The number of fused-ring (bicyclic) bond motifs is 2. The summed E-state index contributed by atoms with van der Waals surface area (Å²) >= 11 is 0. The smallest absolute Gasteiger partial charge is 0.318 e. The molecular formula is C19H22N4O. The summed E-state index contributed by atoms with van der Waals surface area (Å²) in [5.41, 5.74) is 2.84. The second kappa shape index (κ2) is 5.89. The number of hydrogen-bond donors (Lipinski definition) is 1. The summed E-state index contributed by atoms with van der Waals surface area (Å²) in [6.07, 6.45) is 6.88. The molecular weight excluding hydrogens is 300 g/mol. The first-order valence-electron chi connectivity index (χ1n) is 8.59. The average molecular weight is 322 g/mol. The van der Waals surface area contributed by atoms with E-state index in [4.69, 9.17) is 0 Å². The number of amides is 2. The van der Waals surface area contributed by atoms with Gasteiger partial charge in [0.05, 0.1) is 0 Å². The van der Waals surface area contributed by atoms with Crippen LogP contribution in [0.2, 0.25) is 0 Å². The van der Waals surface area contributed by atoms with Crippen LogP contribution in [0.4, 0.5) is 10.5 Å². The van der Waals surface area contributed by atoms with Crippen molar-refractivity contribution in [1.29, 1.82) is 0 Å². The van der Waals surface area contributed by atoms with Gasteiger partial charge in [-0.1, -0.05) is 13.0 Å². The fourth-order valence-corrected chi connectivity index (χ4v) is 4.04. The highest BCUT2D eigenvalue weighted by Crippen LogP contribution is 2.41. The summed E-state index contributed by atoms with van der Waals surface area (Å²) in [6, 6.07) is 8.56. The maximum atomic E-state index is 12.6. The number of carbonyl (C=O) groups is 1. The summed E-state index contributed by atoms with van der Waals surface area (Å²) in [7, 11) is 0. The molecule has 2 atom stereocenters. The van der Waals surface area contributed by atoms with Crippen molar-refractivity contribution in [3.8, 4) is 11.4 Å². The van der Waals surface area contributed by atoms with Gasteiger partial charge in [0.1, 0.15) is 0 Å². The van der Waals surface area contributed by atoms with Gasteiger partial charge in [0.15, 0.2) is 5.82 Å². The van der Waals surface area contributed by atoms with E-state index in [2.05, 4.69) is 22.2 Å². The van der Waals surface area contributed by atoms with Gasteiger partial charge >= 0.3 is 6.03 Å². The molecule has 2 aliphatic rings. The molecule has 2 fully saturated rings. The third kappa shape index (κ3) is 2.64. The lowest BCUT2D eigenvalue weighted by atomic mass is 9.74. The number of nitrogens with one attached hydrogen (secondary N) is 1. The van der Waals surface area contributed by atoms with Crippen molar-refractivity contribution in [1.82, 2.24) is 14.9 Å². The van der Waals surface area contributed by atoms with Crippen molar-refractivity contribution in [2.75, 3.05) is 5.32 Å². The van der Waals surface area contributed by atoms with Gasteiger partial charge in [-0.25, -0.2) is 14.8 Å². The predicted molar refractivity (Wildman–Crippen MR) is 93.7 cm³/mol. The highest BCUT2D eigenvalue weighted by molar-refractivity contribution is 5.91. The van der Waals surface area contributed by atoms with E-state index in [9.17, 15) is 4.79 Å². The number of hydrogen-bond acceptors (Lipinski definition) is 3. The lowest BCUT2D eigenvalue weighted by Gasteiger charge is -2.54. The third-order valence-electron chi connectivity index (χ3n) is 5.21. The Morgan fingerprint density at radius 1 is 1.17 bits per heavy atom. The monoisotopic (exact) mass is 322 g/mol. The van der Waals surface area contributed by atoms with Crippen LogP contribution in [0.5, 0.6) is 0 Å². The van der Waals surface area contributed by atoms with E-state index in [1.54, 1.807) is 18.5 Å². The van der Waals surface area contributed by atoms with Crippen LogP contribution in [-0.4, -0.2) is 33.0 Å². The van der Waals surface area contributed by atoms with E-state index >= 15 is 0 Å². The van der Waals surface area contributed by atoms with Crippen molar-refractivity contribution in [2.45, 2.75) is 45.2 Å². The number of nitrogens with zero attached hydrogens (tertiary/aromatic N) is 3. The Balaban J connectivity index is 1.52. The molecule has 4 rings (SSSR count). The molecule has 2 unspecified atom stereocenters. The van der Waals surface area contributed by atoms with Gasteiger partial charge in [-0.15, -0.1) is 0 Å². The van der Waals surface area contributed by atoms with Gasteiger partial charge in [0.2, 0.25) is 0 Å². The van der Waals surface area contributed by atoms with Crippen LogP contribution in [0.15, 0.2) is 36.7 Å². The molecule has 1 N–H and O–H groups in total. The number of aryl methyl sites for hydroxylation is 1. The van der Waals surface area contributed by atoms with Crippen molar-refractivity contribution < 1.29 is 4.79 Å². The maximum absolute atomic E-state index is 12.6. The Morgan fingerprint density at radius 3 is 2.58 bits per heavy atom. The highest BCUT2D eigenvalue weighted by atomic mass is 16.2. The standard InChI is InChI=1S/C19H22N4O/c1-12-8-15-11-16(9-12)23(15)19(24)22-14-5-4-13(2)17(10-14)18-20-6-3-7-21-18/h3-7,10,12,15-16H,8-9,11H2,1-2H3,(H,22,24). The second-order valence-electron chi connectivity index (χ2n) is 7.06. The van der Waals surface area contributed by atoms with Gasteiger partial charge in [0.25, 0.3) is 0 Å². The SMILES string of the molecule is Cc1ccc(NC(=O)N2C3CC(C)CC2C3)cc1-c1ncccn1. The first kappa shape index (κ1) is 15.1. The van der Waals surface area contributed by atoms with E-state index in [1.807, 2.05) is 30.0 Å². The number of anilines is 1. The Labute approximate surface area is 142 Å². The Bertz CT molecular complexity index is 749. The molecule has 0 spiro atoms. The van der Waals surface area contributed by atoms with Gasteiger partial charge < -0.3 is 10.2 Å². The number of urea groups is 1. The topological polar surface area (TPSA) is 58.1 Å². The molecule has 2 aliphatic heterocycles. The van der Waals surface area contributed by atoms with E-state index in [1.165, 1.54) is 0 Å². The maximum Gasteiger partial charge on any atom is 0.322 e. The zero-order chi connectivity index (χ0) is 16.7. The summed E-state index contributed by atoms with van der Waals surface area (Å²) in [6.45, 7) is 4.30. The predicted octanol–water partition coefficient (Wildman–Crippen LogP) is 3.86. The molecule has 2 bridgehead atoms. The third-order valence-corrected chi connectivity index (χ3v) is 5.21. The van der Waals surface area contributed by atoms with Crippen LogP contribution in [0.3, 0.4) is 0 Å². The van der Waals surface area contributed by atoms with E-state index in [0.717, 1.165) is 42.0 Å². The molecule has 5 heteroatoms. The first-order chi connectivity index (χ1) is 11.6. The number of piperidine rings is 1. The highest BCUT2D eigenvalue weighted by Gasteiger charge is 2.46. The van der Waals surface area contributed by atoms with Crippen LogP contribution >= 0.6 is 0 Å². The number of rotatable bonds is 2. The molecule has 124 valence electrons. The fraction of sp³-hybridized carbons (Fsp3) is 0.421. The van der Waals surface area contributed by atoms with Crippen molar-refractivity contribution in [2.24, 2.45) is 5.92 Å². The molecule has 2 amide bonds. The average Bonchev–Trinajstić information content (AvgIpc) is 2.57. The molecule has 0 radical (unpaired) electrons. The summed E-state index contributed by atoms with van der Waals surface area (Å²) in [5, 5.41) is 3.06. The summed E-state index contributed by atoms with van der Waals surface area (Å²) < 4.78 is 0. The van der Waals surface area contributed by atoms with Gasteiger partial charge in [0, 0.05) is 35.7 Å². The van der Waals surface area contributed by atoms with Gasteiger partial charge in [-0.05, 0) is 55.9 Å². The van der Waals surface area contributed by atoms with E-state index in [0.29, 0.717) is 17.9 Å². The van der Waals surface area contributed by atoms with Crippen LogP contribution < -0.4 is 5.32 Å². The van der Waals surface area contributed by atoms with Crippen LogP contribution in [0, 0.1) is 12.8 Å². The minimum Gasteiger partial charge on any atom is -0.318 e. The van der Waals surface area contributed by atoms with Crippen molar-refractivity contribution >= 4 is 11.7 Å². The van der Waals surface area contributed by atoms with E-state index < -0.39 is 0 Å². The number of benzene rings is 1. The fourth-order valence-electron chi connectivity index (χ4n) is 4.04. The number of carbonyl (C=O) groups excluding carboxylic acids is 1. The summed E-state index contributed by atoms with van der Waals surface area (Å²) in [5.74, 6) is 1.42. The van der Waals surface area contributed by atoms with Crippen molar-refractivity contribution in [3.63, 3.8) is 0 Å². The molecule has 24 heavy (non-hydrogen) atoms. The quantitative estimate of drug-likeness (QED) is 0.913. The molecule has 5 nitrogen and oxygen atoms in total. The molecule has 1 aromatic carbocycles. The zero-order valence-electron chi connectivity index (χ0n) is 14.1. The molecule has 3 heterocycles. The lowest BCUT2D eigenvalue weighted by Crippen LogP contribution is -2.63. The normalized spacial score (nSPS) is 25.1. The zero-order valence-corrected chi connectivity index (χ0v) is 14.1. The van der Waals surface area contributed by atoms with E-state index in [-0.39, 0.29) is 6.03 Å². The first-order valence-corrected chi connectivity index (χ1v) is 8.59. The van der Waals surface area contributed by atoms with Crippen LogP contribution in [-0.2, 0) is 0 Å². The lowest BCUT2D eigenvalue weighted by molar-refractivity contribution is -0.00600. The molecule has 2 aromatic rings. The Hall–Kier alpha value is -2.43. The molecule has 2 saturated heterocycles. The van der Waals surface area contributed by atoms with Crippen molar-refractivity contribution in [3.05, 3.63) is 42.2 Å². The Morgan fingerprint density at radius 2 is 1.88 bits per heavy atom. The van der Waals surface area contributed by atoms with Crippen LogP contribution in [0.1, 0.15) is 31.7 Å². The van der Waals surface area contributed by atoms with Gasteiger partial charge in [-0.2, -0.15) is 0 Å². The minimum absolute atomic E-state index is 0.0203. The minimum atomic E-state index is 0.0203. The van der Waals surface area contributed by atoms with Gasteiger partial charge in [-0.3, -0.25) is 0 Å². The largest absolute Gasteiger partial charge is 0.322 e. The van der Waals surface area contributed by atoms with Crippen LogP contribution in [0.25, 0.3) is 11.4 Å². The summed E-state index contributed by atoms with van der Waals surface area (Å²) in [4.78, 5) is 23.3. The molecule has 1 aromatic heterocycles. The molecule has 0 aliphatic carbocycles. The number of aromatic nitrogens is 2. The molecule has 0 saturated carbocycles.